The number of hydrogen-bond donors (Lipinski definition) is 4. The van der Waals surface area contributed by atoms with Gasteiger partial charge in [0, 0.05) is 31.6 Å². The molecule has 0 saturated carbocycles. The third kappa shape index (κ3) is 9.24. The van der Waals surface area contributed by atoms with Crippen LogP contribution in [0.2, 0.25) is 5.02 Å². The first-order valence-electron chi connectivity index (χ1n) is 15.9. The van der Waals surface area contributed by atoms with E-state index in [4.69, 9.17) is 17.3 Å². The fourth-order valence-corrected chi connectivity index (χ4v) is 8.18. The van der Waals surface area contributed by atoms with Crippen LogP contribution in [-0.2, 0) is 34.4 Å². The highest BCUT2D eigenvalue weighted by molar-refractivity contribution is 7.89. The molecule has 0 spiro atoms. The number of aliphatic hydroxyl groups excluding tert-OH is 2. The molecule has 48 heavy (non-hydrogen) atoms. The Hall–Kier alpha value is -3.27. The number of carbonyl (C=O) groups is 2. The Morgan fingerprint density at radius 3 is 2.44 bits per heavy atom. The maximum Gasteiger partial charge on any atom is 0.321 e. The van der Waals surface area contributed by atoms with Crippen LogP contribution in [0, 0.1) is 11.8 Å². The number of amides is 3. The van der Waals surface area contributed by atoms with Gasteiger partial charge in [0.05, 0.1) is 46.6 Å². The number of nitrogens with one attached hydrogen (secondary N) is 1. The molecule has 2 heterocycles. The van der Waals surface area contributed by atoms with E-state index in [1.165, 1.54) is 38.7 Å². The molecule has 1 fully saturated rings. The first-order valence-corrected chi connectivity index (χ1v) is 18.6. The van der Waals surface area contributed by atoms with E-state index in [9.17, 15) is 28.2 Å². The topological polar surface area (TPSA) is 169 Å². The summed E-state index contributed by atoms with van der Waals surface area (Å²) in [7, 11) is -4.10. The highest BCUT2D eigenvalue weighted by atomic mass is 35.5. The molecule has 0 radical (unpaired) electrons. The number of nitrogen functional groups attached to an aromatic ring is 1. The summed E-state index contributed by atoms with van der Waals surface area (Å²) in [5, 5.41) is 26.6. The number of urea groups is 1. The van der Waals surface area contributed by atoms with Crippen molar-refractivity contribution in [2.45, 2.75) is 70.4 Å². The Morgan fingerprint density at radius 1 is 1.12 bits per heavy atom. The number of halogens is 1. The number of rotatable bonds is 16. The first kappa shape index (κ1) is 37.5. The molecular formula is C33H45ClN6O6S2. The van der Waals surface area contributed by atoms with Crippen molar-refractivity contribution in [2.24, 2.45) is 11.8 Å². The highest BCUT2D eigenvalue weighted by Gasteiger charge is 2.40. The lowest BCUT2D eigenvalue weighted by Gasteiger charge is -2.34. The average Bonchev–Trinajstić information content (AvgIpc) is 3.64. The van der Waals surface area contributed by atoms with Crippen molar-refractivity contribution in [1.29, 1.82) is 0 Å². The lowest BCUT2D eigenvalue weighted by Crippen LogP contribution is -2.57. The van der Waals surface area contributed by atoms with E-state index in [0.29, 0.717) is 23.8 Å². The molecule has 2 aromatic carbocycles. The summed E-state index contributed by atoms with van der Waals surface area (Å²) in [6, 6.07) is 11.3. The maximum absolute atomic E-state index is 14.0. The van der Waals surface area contributed by atoms with E-state index in [1.54, 1.807) is 10.3 Å². The summed E-state index contributed by atoms with van der Waals surface area (Å²) in [6.45, 7) is 8.07. The molecular weight excluding hydrogens is 676 g/mol. The molecule has 0 bridgehead atoms. The molecule has 3 amide bonds. The number of nitrogens with two attached hydrogens (primary N) is 1. The second-order valence-corrected chi connectivity index (χ2v) is 16.0. The lowest BCUT2D eigenvalue weighted by atomic mass is 9.97. The van der Waals surface area contributed by atoms with Crippen LogP contribution in [0.3, 0.4) is 0 Å². The van der Waals surface area contributed by atoms with Gasteiger partial charge in [-0.3, -0.25) is 4.79 Å². The number of sulfonamides is 1. The second kappa shape index (κ2) is 16.4. The summed E-state index contributed by atoms with van der Waals surface area (Å²) in [5.74, 6) is -0.787. The minimum atomic E-state index is -4.10. The number of nitrogens with zero attached hydrogens (tertiary/aromatic N) is 4. The van der Waals surface area contributed by atoms with Gasteiger partial charge in [0.1, 0.15) is 11.0 Å². The van der Waals surface area contributed by atoms with Crippen molar-refractivity contribution in [3.8, 4) is 0 Å². The normalized spacial score (nSPS) is 15.8. The number of benzene rings is 2. The smallest absolute Gasteiger partial charge is 0.321 e. The van der Waals surface area contributed by atoms with Crippen LogP contribution < -0.4 is 11.1 Å². The quantitative estimate of drug-likeness (QED) is 0.163. The van der Waals surface area contributed by atoms with Crippen LogP contribution in [0.1, 0.15) is 44.0 Å². The number of thiazole rings is 1. The van der Waals surface area contributed by atoms with Crippen LogP contribution in [0.15, 0.2) is 58.8 Å². The minimum absolute atomic E-state index is 0.0527. The number of aliphatic hydroxyl groups is 2. The molecule has 262 valence electrons. The summed E-state index contributed by atoms with van der Waals surface area (Å²) in [6.07, 6.45) is -1.09. The van der Waals surface area contributed by atoms with Crippen LogP contribution in [0.5, 0.6) is 0 Å². The van der Waals surface area contributed by atoms with E-state index < -0.39 is 34.1 Å². The average molecular weight is 721 g/mol. The number of carbonyl (C=O) groups excluding carboxylic acids is 2. The molecule has 1 aliphatic heterocycles. The zero-order chi connectivity index (χ0) is 35.2. The van der Waals surface area contributed by atoms with E-state index >= 15 is 0 Å². The van der Waals surface area contributed by atoms with Crippen LogP contribution in [0.4, 0.5) is 10.5 Å². The molecule has 3 aromatic rings. The Labute approximate surface area is 291 Å². The second-order valence-electron chi connectivity index (χ2n) is 12.7. The first-order chi connectivity index (χ1) is 22.7. The monoisotopic (exact) mass is 720 g/mol. The van der Waals surface area contributed by atoms with E-state index in [2.05, 4.69) is 10.3 Å². The Balaban J connectivity index is 1.57. The van der Waals surface area contributed by atoms with Gasteiger partial charge in [0.25, 0.3) is 0 Å². The Morgan fingerprint density at radius 2 is 1.83 bits per heavy atom. The third-order valence-corrected chi connectivity index (χ3v) is 11.2. The number of hydrogen-bond acceptors (Lipinski definition) is 9. The summed E-state index contributed by atoms with van der Waals surface area (Å²) in [4.78, 5) is 35.0. The zero-order valence-corrected chi connectivity index (χ0v) is 30.0. The zero-order valence-electron chi connectivity index (χ0n) is 27.6. The summed E-state index contributed by atoms with van der Waals surface area (Å²) >= 11 is 7.37. The van der Waals surface area contributed by atoms with Gasteiger partial charge in [-0.15, -0.1) is 11.3 Å². The van der Waals surface area contributed by atoms with Gasteiger partial charge >= 0.3 is 6.03 Å². The molecule has 1 aliphatic rings. The van der Waals surface area contributed by atoms with Crippen LogP contribution in [-0.4, -0.2) is 94.0 Å². The molecule has 1 saturated heterocycles. The molecule has 1 unspecified atom stereocenters. The minimum Gasteiger partial charge on any atom is -0.397 e. The molecule has 15 heteroatoms. The summed E-state index contributed by atoms with van der Waals surface area (Å²) in [5.41, 5.74) is 7.54. The van der Waals surface area contributed by atoms with Crippen molar-refractivity contribution >= 4 is 50.6 Å². The molecule has 3 atom stereocenters. The van der Waals surface area contributed by atoms with Gasteiger partial charge < -0.3 is 31.1 Å². The van der Waals surface area contributed by atoms with E-state index in [0.717, 1.165) is 5.56 Å². The Bertz CT molecular complexity index is 1650. The van der Waals surface area contributed by atoms with E-state index in [1.807, 2.05) is 58.0 Å². The molecule has 0 aliphatic carbocycles. The van der Waals surface area contributed by atoms with Crippen molar-refractivity contribution in [3.05, 3.63) is 75.2 Å². The van der Waals surface area contributed by atoms with Crippen molar-refractivity contribution in [1.82, 2.24) is 24.4 Å². The third-order valence-electron chi connectivity index (χ3n) is 8.11. The van der Waals surface area contributed by atoms with Crippen LogP contribution in [0.25, 0.3) is 0 Å². The molecule has 4 rings (SSSR count). The van der Waals surface area contributed by atoms with E-state index in [-0.39, 0.29) is 66.1 Å². The highest BCUT2D eigenvalue weighted by Crippen LogP contribution is 2.26. The predicted molar refractivity (Wildman–Crippen MR) is 187 cm³/mol. The van der Waals surface area contributed by atoms with Gasteiger partial charge in [0.2, 0.25) is 15.9 Å². The fraction of sp³-hybridized carbons (Fsp3) is 0.485. The van der Waals surface area contributed by atoms with Crippen molar-refractivity contribution in [3.63, 3.8) is 0 Å². The SMILES string of the molecule is CC(C)CN(C[C@H](O)C(Cc1ccccc1)NC(=O)[C@H](C(C)C)N1CCN(Cc2csc(CO)n2)C1=O)S(=O)(=O)c1ccc(Cl)c(N)c1. The van der Waals surface area contributed by atoms with Gasteiger partial charge in [-0.2, -0.15) is 4.31 Å². The van der Waals surface area contributed by atoms with Gasteiger partial charge in [-0.25, -0.2) is 18.2 Å². The maximum atomic E-state index is 14.0. The van der Waals surface area contributed by atoms with Gasteiger partial charge in [-0.1, -0.05) is 69.6 Å². The van der Waals surface area contributed by atoms with Gasteiger partial charge in [0.15, 0.2) is 0 Å². The van der Waals surface area contributed by atoms with Crippen molar-refractivity contribution in [2.75, 3.05) is 31.9 Å². The van der Waals surface area contributed by atoms with Crippen molar-refractivity contribution < 1.29 is 28.2 Å². The Kier molecular flexibility index (Phi) is 12.8. The molecule has 1 aromatic heterocycles. The molecule has 5 N–H and O–H groups in total. The van der Waals surface area contributed by atoms with Gasteiger partial charge in [-0.05, 0) is 42.0 Å². The number of aromatic nitrogens is 1. The summed E-state index contributed by atoms with van der Waals surface area (Å²) < 4.78 is 28.8. The standard InChI is InChI=1S/C33H45ClN6O6S2/c1-21(2)16-39(48(45,46)25-10-11-26(34)27(35)15-25)18-29(42)28(14-23-8-6-5-7-9-23)37-32(43)31(22(3)4)40-13-12-38(33(40)44)17-24-20-47-30(19-41)36-24/h5-11,15,20-22,28-29,31,41-42H,12-14,16-19,35H2,1-4H3,(H,37,43)/t28?,29-,31-/m0/s1. The van der Waals surface area contributed by atoms with Crippen LogP contribution >= 0.6 is 22.9 Å². The number of anilines is 1. The lowest BCUT2D eigenvalue weighted by molar-refractivity contribution is -0.128. The molecule has 12 nitrogen and oxygen atoms in total. The predicted octanol–water partition coefficient (Wildman–Crippen LogP) is 3.57. The largest absolute Gasteiger partial charge is 0.397 e. The fourth-order valence-electron chi connectivity index (χ4n) is 5.76.